The first-order valence-electron chi connectivity index (χ1n) is 7.14. The highest BCUT2D eigenvalue weighted by Gasteiger charge is 2.25. The molecule has 1 saturated heterocycles. The molecule has 6 heteroatoms. The van der Waals surface area contributed by atoms with E-state index in [1.54, 1.807) is 18.3 Å². The zero-order valence-corrected chi connectivity index (χ0v) is 13.1. The quantitative estimate of drug-likeness (QED) is 0.853. The van der Waals surface area contributed by atoms with Crippen LogP contribution in [-0.2, 0) is 0 Å². The third-order valence-corrected chi connectivity index (χ3v) is 4.83. The minimum absolute atomic E-state index is 0.105. The van der Waals surface area contributed by atoms with E-state index in [0.29, 0.717) is 37.6 Å². The molecule has 5 nitrogen and oxygen atoms in total. The highest BCUT2D eigenvalue weighted by atomic mass is 32.1. The second-order valence-corrected chi connectivity index (χ2v) is 6.11. The van der Waals surface area contributed by atoms with E-state index in [1.165, 1.54) is 11.3 Å². The Balaban J connectivity index is 1.69. The summed E-state index contributed by atoms with van der Waals surface area (Å²) in [5.74, 6) is 0.818. The van der Waals surface area contributed by atoms with E-state index in [2.05, 4.69) is 16.0 Å². The molecule has 3 heterocycles. The number of nitrogens with zero attached hydrogens (tertiary/aromatic N) is 4. The summed E-state index contributed by atoms with van der Waals surface area (Å²) in [5.41, 5.74) is 1.62. The Hall–Kier alpha value is -2.39. The summed E-state index contributed by atoms with van der Waals surface area (Å²) < 4.78 is 0. The van der Waals surface area contributed by atoms with Gasteiger partial charge in [0.15, 0.2) is 0 Å². The number of aromatic nitrogens is 1. The molecule has 1 aliphatic heterocycles. The summed E-state index contributed by atoms with van der Waals surface area (Å²) in [5, 5.41) is 11.1. The molecule has 1 amide bonds. The van der Waals surface area contributed by atoms with Gasteiger partial charge in [0, 0.05) is 32.4 Å². The third-order valence-electron chi connectivity index (χ3n) is 3.83. The van der Waals surface area contributed by atoms with Crippen LogP contribution in [0.25, 0.3) is 0 Å². The van der Waals surface area contributed by atoms with Crippen LogP contribution >= 0.6 is 11.3 Å². The van der Waals surface area contributed by atoms with Gasteiger partial charge in [0.05, 0.1) is 10.4 Å². The van der Waals surface area contributed by atoms with Crippen molar-refractivity contribution >= 4 is 23.1 Å². The molecule has 0 radical (unpaired) electrons. The third kappa shape index (κ3) is 2.68. The number of piperazine rings is 1. The van der Waals surface area contributed by atoms with Gasteiger partial charge in [-0.1, -0.05) is 0 Å². The van der Waals surface area contributed by atoms with Crippen molar-refractivity contribution in [2.45, 2.75) is 6.92 Å². The van der Waals surface area contributed by atoms with Crippen molar-refractivity contribution in [3.63, 3.8) is 0 Å². The number of anilines is 1. The van der Waals surface area contributed by atoms with E-state index in [9.17, 15) is 4.79 Å². The number of carbonyl (C=O) groups excluding carboxylic acids is 1. The smallest absolute Gasteiger partial charge is 0.264 e. The SMILES string of the molecule is Cc1ccsc1C(=O)N1CCN(c2ncccc2C#N)CC1. The summed E-state index contributed by atoms with van der Waals surface area (Å²) in [7, 11) is 0. The zero-order valence-electron chi connectivity index (χ0n) is 12.3. The first kappa shape index (κ1) is 14.5. The van der Waals surface area contributed by atoms with Crippen LogP contribution in [0.15, 0.2) is 29.8 Å². The number of nitriles is 1. The number of thiophene rings is 1. The van der Waals surface area contributed by atoms with Crippen molar-refractivity contribution in [2.75, 3.05) is 31.1 Å². The van der Waals surface area contributed by atoms with Crippen LogP contribution in [0.3, 0.4) is 0 Å². The molecule has 0 aliphatic carbocycles. The van der Waals surface area contributed by atoms with E-state index in [0.717, 1.165) is 10.4 Å². The summed E-state index contributed by atoms with van der Waals surface area (Å²) in [6.07, 6.45) is 1.70. The maximum absolute atomic E-state index is 12.5. The maximum Gasteiger partial charge on any atom is 0.264 e. The fourth-order valence-electron chi connectivity index (χ4n) is 2.59. The molecule has 0 aromatic carbocycles. The van der Waals surface area contributed by atoms with Crippen LogP contribution in [0.4, 0.5) is 5.82 Å². The van der Waals surface area contributed by atoms with E-state index < -0.39 is 0 Å². The normalized spacial score (nSPS) is 14.7. The predicted octanol–water partition coefficient (Wildman–Crippen LogP) is 2.29. The van der Waals surface area contributed by atoms with Crippen LogP contribution in [-0.4, -0.2) is 42.0 Å². The van der Waals surface area contributed by atoms with Gasteiger partial charge in [0.25, 0.3) is 5.91 Å². The lowest BCUT2D eigenvalue weighted by Crippen LogP contribution is -2.49. The Labute approximate surface area is 133 Å². The summed E-state index contributed by atoms with van der Waals surface area (Å²) in [4.78, 5) is 21.6. The fourth-order valence-corrected chi connectivity index (χ4v) is 3.49. The number of amides is 1. The molecule has 0 spiro atoms. The molecule has 1 aliphatic rings. The molecule has 112 valence electrons. The predicted molar refractivity (Wildman–Crippen MR) is 86.1 cm³/mol. The van der Waals surface area contributed by atoms with Crippen molar-refractivity contribution in [1.82, 2.24) is 9.88 Å². The Morgan fingerprint density at radius 1 is 1.32 bits per heavy atom. The highest BCUT2D eigenvalue weighted by Crippen LogP contribution is 2.21. The van der Waals surface area contributed by atoms with Gasteiger partial charge in [0.2, 0.25) is 0 Å². The van der Waals surface area contributed by atoms with Crippen molar-refractivity contribution in [3.8, 4) is 6.07 Å². The molecule has 2 aromatic heterocycles. The number of pyridine rings is 1. The van der Waals surface area contributed by atoms with Crippen molar-refractivity contribution in [3.05, 3.63) is 45.8 Å². The monoisotopic (exact) mass is 312 g/mol. The molecular formula is C16H16N4OS. The lowest BCUT2D eigenvalue weighted by atomic mass is 10.2. The molecule has 0 N–H and O–H groups in total. The Morgan fingerprint density at radius 3 is 2.73 bits per heavy atom. The van der Waals surface area contributed by atoms with Gasteiger partial charge in [0.1, 0.15) is 11.9 Å². The molecule has 0 atom stereocenters. The molecule has 0 unspecified atom stereocenters. The second kappa shape index (κ2) is 6.16. The van der Waals surface area contributed by atoms with E-state index in [-0.39, 0.29) is 5.91 Å². The minimum atomic E-state index is 0.105. The molecular weight excluding hydrogens is 296 g/mol. The Morgan fingerprint density at radius 2 is 2.09 bits per heavy atom. The number of hydrogen-bond donors (Lipinski definition) is 0. The molecule has 0 saturated carbocycles. The number of aryl methyl sites for hydroxylation is 1. The number of hydrogen-bond acceptors (Lipinski definition) is 5. The molecule has 22 heavy (non-hydrogen) atoms. The minimum Gasteiger partial charge on any atom is -0.352 e. The van der Waals surface area contributed by atoms with E-state index in [4.69, 9.17) is 5.26 Å². The van der Waals surface area contributed by atoms with Crippen LogP contribution in [0, 0.1) is 18.3 Å². The van der Waals surface area contributed by atoms with Crippen LogP contribution < -0.4 is 4.90 Å². The van der Waals surface area contributed by atoms with Crippen molar-refractivity contribution in [2.24, 2.45) is 0 Å². The lowest BCUT2D eigenvalue weighted by molar-refractivity contribution is 0.0751. The fraction of sp³-hybridized carbons (Fsp3) is 0.312. The van der Waals surface area contributed by atoms with Gasteiger partial charge in [-0.15, -0.1) is 11.3 Å². The molecule has 2 aromatic rings. The van der Waals surface area contributed by atoms with E-state index >= 15 is 0 Å². The van der Waals surface area contributed by atoms with Gasteiger partial charge in [-0.3, -0.25) is 4.79 Å². The van der Waals surface area contributed by atoms with Gasteiger partial charge < -0.3 is 9.80 Å². The lowest BCUT2D eigenvalue weighted by Gasteiger charge is -2.35. The average Bonchev–Trinajstić information content (AvgIpc) is 3.00. The summed E-state index contributed by atoms with van der Waals surface area (Å²) in [6.45, 7) is 4.66. The number of carbonyl (C=O) groups is 1. The first-order valence-corrected chi connectivity index (χ1v) is 8.02. The van der Waals surface area contributed by atoms with Gasteiger partial charge in [-0.05, 0) is 36.1 Å². The van der Waals surface area contributed by atoms with Gasteiger partial charge >= 0.3 is 0 Å². The van der Waals surface area contributed by atoms with Gasteiger partial charge in [-0.2, -0.15) is 5.26 Å². The molecule has 3 rings (SSSR count). The zero-order chi connectivity index (χ0) is 15.5. The second-order valence-electron chi connectivity index (χ2n) is 5.20. The van der Waals surface area contributed by atoms with Crippen LogP contribution in [0.5, 0.6) is 0 Å². The first-order chi connectivity index (χ1) is 10.7. The number of rotatable bonds is 2. The van der Waals surface area contributed by atoms with E-state index in [1.807, 2.05) is 23.3 Å². The summed E-state index contributed by atoms with van der Waals surface area (Å²) >= 11 is 1.49. The maximum atomic E-state index is 12.5. The largest absolute Gasteiger partial charge is 0.352 e. The Bertz CT molecular complexity index is 726. The van der Waals surface area contributed by atoms with Crippen LogP contribution in [0.2, 0.25) is 0 Å². The average molecular weight is 312 g/mol. The topological polar surface area (TPSA) is 60.2 Å². The van der Waals surface area contributed by atoms with Crippen LogP contribution in [0.1, 0.15) is 20.8 Å². The van der Waals surface area contributed by atoms with Crippen molar-refractivity contribution in [1.29, 1.82) is 5.26 Å². The Kier molecular flexibility index (Phi) is 4.07. The summed E-state index contributed by atoms with van der Waals surface area (Å²) in [6, 6.07) is 7.69. The van der Waals surface area contributed by atoms with Gasteiger partial charge in [-0.25, -0.2) is 4.98 Å². The molecule has 0 bridgehead atoms. The highest BCUT2D eigenvalue weighted by molar-refractivity contribution is 7.12. The molecule has 1 fully saturated rings. The standard InChI is InChI=1S/C16H16N4OS/c1-12-4-10-22-14(12)16(21)20-8-6-19(7-9-20)15-13(11-17)3-2-5-18-15/h2-5,10H,6-9H2,1H3. The van der Waals surface area contributed by atoms with Crippen molar-refractivity contribution < 1.29 is 4.79 Å².